The number of aliphatic hydroxyl groups excluding tert-OH is 1. The van der Waals surface area contributed by atoms with Crippen LogP contribution in [-0.4, -0.2) is 11.2 Å². The Kier molecular flexibility index (Phi) is 1.98. The van der Waals surface area contributed by atoms with Crippen LogP contribution >= 0.6 is 0 Å². The lowest BCUT2D eigenvalue weighted by Crippen LogP contribution is -2.43. The minimum Gasteiger partial charge on any atom is -0.392 e. The fourth-order valence-electron chi connectivity index (χ4n) is 5.31. The molecule has 92 valence electrons. The highest BCUT2D eigenvalue weighted by molar-refractivity contribution is 5.14. The van der Waals surface area contributed by atoms with Gasteiger partial charge in [0.2, 0.25) is 0 Å². The Bertz CT molecular complexity index is 313. The first-order valence-corrected chi connectivity index (χ1v) is 6.95. The molecular formula is C15H26O. The molecule has 0 unspecified atom stereocenters. The van der Waals surface area contributed by atoms with Gasteiger partial charge in [-0.05, 0) is 60.2 Å². The first-order valence-electron chi connectivity index (χ1n) is 6.95. The van der Waals surface area contributed by atoms with Crippen molar-refractivity contribution in [1.29, 1.82) is 0 Å². The Morgan fingerprint density at radius 2 is 1.56 bits per heavy atom. The van der Waals surface area contributed by atoms with Crippen LogP contribution in [0.5, 0.6) is 0 Å². The molecule has 2 bridgehead atoms. The van der Waals surface area contributed by atoms with Gasteiger partial charge in [-0.2, -0.15) is 0 Å². The van der Waals surface area contributed by atoms with Crippen LogP contribution in [-0.2, 0) is 0 Å². The maximum absolute atomic E-state index is 10.5. The van der Waals surface area contributed by atoms with Crippen molar-refractivity contribution in [3.05, 3.63) is 0 Å². The van der Waals surface area contributed by atoms with E-state index in [1.54, 1.807) is 0 Å². The molecule has 1 N–H and O–H groups in total. The standard InChI is InChI=1S/C15H26O/c1-13(2)7-10(8-13)11-9-14(3)5-6-15(11,4)12(14)16/h10-12,16H,5-9H2,1-4H3/t11-,12-,14+,15-/m1/s1. The van der Waals surface area contributed by atoms with Gasteiger partial charge in [-0.3, -0.25) is 0 Å². The average Bonchev–Trinajstić information content (AvgIpc) is 2.48. The SMILES string of the molecule is CC1(C)CC([C@H]2C[C@]3(C)CC[C@@]2(C)[C@@H]3O)C1. The van der Waals surface area contributed by atoms with Crippen molar-refractivity contribution < 1.29 is 5.11 Å². The molecule has 0 heterocycles. The van der Waals surface area contributed by atoms with Gasteiger partial charge >= 0.3 is 0 Å². The summed E-state index contributed by atoms with van der Waals surface area (Å²) in [5, 5.41) is 10.5. The van der Waals surface area contributed by atoms with E-state index in [9.17, 15) is 5.11 Å². The zero-order valence-corrected chi connectivity index (χ0v) is 11.2. The quantitative estimate of drug-likeness (QED) is 0.718. The third-order valence-corrected chi connectivity index (χ3v) is 6.25. The number of hydrogen-bond donors (Lipinski definition) is 1. The molecule has 0 radical (unpaired) electrons. The highest BCUT2D eigenvalue weighted by Gasteiger charge is 2.64. The smallest absolute Gasteiger partial charge is 0.0650 e. The first kappa shape index (κ1) is 11.1. The fraction of sp³-hybridized carbons (Fsp3) is 1.00. The summed E-state index contributed by atoms with van der Waals surface area (Å²) in [6, 6.07) is 0. The van der Waals surface area contributed by atoms with Gasteiger partial charge < -0.3 is 5.11 Å². The summed E-state index contributed by atoms with van der Waals surface area (Å²) in [7, 11) is 0. The van der Waals surface area contributed by atoms with Crippen molar-refractivity contribution in [3.8, 4) is 0 Å². The first-order chi connectivity index (χ1) is 7.27. The summed E-state index contributed by atoms with van der Waals surface area (Å²) < 4.78 is 0. The predicted molar refractivity (Wildman–Crippen MR) is 66.1 cm³/mol. The van der Waals surface area contributed by atoms with E-state index in [1.807, 2.05) is 0 Å². The van der Waals surface area contributed by atoms with E-state index in [4.69, 9.17) is 0 Å². The Hall–Kier alpha value is -0.0400. The van der Waals surface area contributed by atoms with E-state index in [2.05, 4.69) is 27.7 Å². The number of hydrogen-bond acceptors (Lipinski definition) is 1. The molecule has 3 aliphatic rings. The number of aliphatic hydroxyl groups is 1. The van der Waals surface area contributed by atoms with Gasteiger partial charge in [-0.25, -0.2) is 0 Å². The van der Waals surface area contributed by atoms with Gasteiger partial charge in [0.1, 0.15) is 0 Å². The van der Waals surface area contributed by atoms with E-state index >= 15 is 0 Å². The zero-order chi connectivity index (χ0) is 11.8. The molecule has 0 aromatic carbocycles. The summed E-state index contributed by atoms with van der Waals surface area (Å²) in [4.78, 5) is 0. The summed E-state index contributed by atoms with van der Waals surface area (Å²) >= 11 is 0. The van der Waals surface area contributed by atoms with Crippen molar-refractivity contribution >= 4 is 0 Å². The second-order valence-electron chi connectivity index (χ2n) is 8.21. The zero-order valence-electron chi connectivity index (χ0n) is 11.2. The lowest BCUT2D eigenvalue weighted by molar-refractivity contribution is -0.0293. The predicted octanol–water partition coefficient (Wildman–Crippen LogP) is 3.61. The third kappa shape index (κ3) is 1.21. The molecule has 0 spiro atoms. The molecule has 1 nitrogen and oxygen atoms in total. The molecule has 0 amide bonds. The van der Waals surface area contributed by atoms with Crippen LogP contribution in [0.15, 0.2) is 0 Å². The Morgan fingerprint density at radius 1 is 0.938 bits per heavy atom. The molecule has 3 rings (SSSR count). The molecule has 3 aliphatic carbocycles. The van der Waals surface area contributed by atoms with E-state index in [-0.39, 0.29) is 16.9 Å². The van der Waals surface area contributed by atoms with Crippen LogP contribution in [0.1, 0.15) is 59.8 Å². The monoisotopic (exact) mass is 222 g/mol. The second kappa shape index (κ2) is 2.85. The molecule has 3 saturated carbocycles. The highest BCUT2D eigenvalue weighted by Crippen LogP contribution is 2.69. The topological polar surface area (TPSA) is 20.2 Å². The van der Waals surface area contributed by atoms with Crippen molar-refractivity contribution in [3.63, 3.8) is 0 Å². The molecule has 0 saturated heterocycles. The van der Waals surface area contributed by atoms with Crippen LogP contribution in [0.4, 0.5) is 0 Å². The molecule has 4 atom stereocenters. The van der Waals surface area contributed by atoms with E-state index in [0.717, 1.165) is 11.8 Å². The normalized spacial score (nSPS) is 55.3. The van der Waals surface area contributed by atoms with Gasteiger partial charge in [-0.15, -0.1) is 0 Å². The van der Waals surface area contributed by atoms with E-state index in [0.29, 0.717) is 5.41 Å². The van der Waals surface area contributed by atoms with Gasteiger partial charge in [-0.1, -0.05) is 27.7 Å². The molecule has 1 heteroatoms. The molecule has 16 heavy (non-hydrogen) atoms. The Labute approximate surface area is 99.6 Å². The lowest BCUT2D eigenvalue weighted by atomic mass is 9.54. The van der Waals surface area contributed by atoms with Gasteiger partial charge in [0.25, 0.3) is 0 Å². The summed E-state index contributed by atoms with van der Waals surface area (Å²) in [6.07, 6.45) is 6.52. The summed E-state index contributed by atoms with van der Waals surface area (Å²) in [6.45, 7) is 9.44. The Morgan fingerprint density at radius 3 is 1.94 bits per heavy atom. The summed E-state index contributed by atoms with van der Waals surface area (Å²) in [5.74, 6) is 1.70. The maximum Gasteiger partial charge on any atom is 0.0650 e. The summed E-state index contributed by atoms with van der Waals surface area (Å²) in [5.41, 5.74) is 1.07. The van der Waals surface area contributed by atoms with Crippen LogP contribution in [0.3, 0.4) is 0 Å². The van der Waals surface area contributed by atoms with Gasteiger partial charge in [0, 0.05) is 0 Å². The molecular weight excluding hydrogens is 196 g/mol. The van der Waals surface area contributed by atoms with Crippen molar-refractivity contribution in [2.24, 2.45) is 28.1 Å². The number of fused-ring (bicyclic) bond motifs is 2. The minimum absolute atomic E-state index is 0.0336. The highest BCUT2D eigenvalue weighted by atomic mass is 16.3. The molecule has 0 aromatic rings. The van der Waals surface area contributed by atoms with E-state index < -0.39 is 0 Å². The Balaban J connectivity index is 1.80. The van der Waals surface area contributed by atoms with Crippen molar-refractivity contribution in [2.75, 3.05) is 0 Å². The van der Waals surface area contributed by atoms with Crippen molar-refractivity contribution in [1.82, 2.24) is 0 Å². The van der Waals surface area contributed by atoms with Gasteiger partial charge in [0.15, 0.2) is 0 Å². The molecule has 0 aromatic heterocycles. The van der Waals surface area contributed by atoms with Crippen LogP contribution in [0.25, 0.3) is 0 Å². The van der Waals surface area contributed by atoms with Crippen molar-refractivity contribution in [2.45, 2.75) is 65.9 Å². The van der Waals surface area contributed by atoms with Crippen LogP contribution in [0.2, 0.25) is 0 Å². The van der Waals surface area contributed by atoms with E-state index in [1.165, 1.54) is 32.1 Å². The van der Waals surface area contributed by atoms with Crippen LogP contribution < -0.4 is 0 Å². The molecule has 0 aliphatic heterocycles. The fourth-order valence-corrected chi connectivity index (χ4v) is 5.31. The third-order valence-electron chi connectivity index (χ3n) is 6.25. The minimum atomic E-state index is -0.0336. The molecule has 3 fully saturated rings. The second-order valence-corrected chi connectivity index (χ2v) is 8.21. The average molecular weight is 222 g/mol. The van der Waals surface area contributed by atoms with Gasteiger partial charge in [0.05, 0.1) is 6.10 Å². The lowest BCUT2D eigenvalue weighted by Gasteiger charge is -2.50. The maximum atomic E-state index is 10.5. The largest absolute Gasteiger partial charge is 0.392 e. The number of rotatable bonds is 1. The van der Waals surface area contributed by atoms with Crippen LogP contribution in [0, 0.1) is 28.1 Å².